The highest BCUT2D eigenvalue weighted by molar-refractivity contribution is 5.90. The second kappa shape index (κ2) is 6.87. The SMILES string of the molecule is NC(=O)c1ccc(NC(c2ccccc2)c2cccc(F)c2)nn1. The number of carbonyl (C=O) groups excluding carboxylic acids is 1. The van der Waals surface area contributed by atoms with E-state index in [1.807, 2.05) is 36.4 Å². The molecule has 1 heterocycles. The first-order chi connectivity index (χ1) is 11.6. The van der Waals surface area contributed by atoms with E-state index in [4.69, 9.17) is 5.73 Å². The summed E-state index contributed by atoms with van der Waals surface area (Å²) in [7, 11) is 0. The number of amides is 1. The number of halogens is 1. The van der Waals surface area contributed by atoms with Crippen molar-refractivity contribution in [3.63, 3.8) is 0 Å². The Hall–Kier alpha value is -3.28. The maximum Gasteiger partial charge on any atom is 0.269 e. The molecule has 0 aliphatic rings. The lowest BCUT2D eigenvalue weighted by Crippen LogP contribution is -2.16. The number of nitrogens with one attached hydrogen (secondary N) is 1. The van der Waals surface area contributed by atoms with E-state index in [2.05, 4.69) is 15.5 Å². The van der Waals surface area contributed by atoms with Gasteiger partial charge in [-0.1, -0.05) is 42.5 Å². The minimum Gasteiger partial charge on any atom is -0.364 e. The van der Waals surface area contributed by atoms with Gasteiger partial charge < -0.3 is 11.1 Å². The lowest BCUT2D eigenvalue weighted by atomic mass is 9.98. The standard InChI is InChI=1S/C18H15FN4O/c19-14-8-4-7-13(11-14)17(12-5-2-1-3-6-12)21-16-10-9-15(18(20)24)22-23-16/h1-11,17H,(H2,20,24)(H,21,23). The van der Waals surface area contributed by atoms with E-state index in [0.29, 0.717) is 5.82 Å². The van der Waals surface area contributed by atoms with E-state index in [1.165, 1.54) is 18.2 Å². The molecule has 2 aromatic carbocycles. The zero-order valence-electron chi connectivity index (χ0n) is 12.7. The van der Waals surface area contributed by atoms with Crippen molar-refractivity contribution in [2.45, 2.75) is 6.04 Å². The van der Waals surface area contributed by atoms with Crippen molar-refractivity contribution in [3.05, 3.63) is 89.4 Å². The van der Waals surface area contributed by atoms with E-state index in [1.54, 1.807) is 12.1 Å². The van der Waals surface area contributed by atoms with Gasteiger partial charge in [0.2, 0.25) is 0 Å². The summed E-state index contributed by atoms with van der Waals surface area (Å²) >= 11 is 0. The molecular formula is C18H15FN4O. The lowest BCUT2D eigenvalue weighted by Gasteiger charge is -2.20. The van der Waals surface area contributed by atoms with Gasteiger partial charge in [-0.25, -0.2) is 4.39 Å². The summed E-state index contributed by atoms with van der Waals surface area (Å²) in [4.78, 5) is 11.1. The minimum absolute atomic E-state index is 0.0857. The first-order valence-corrected chi connectivity index (χ1v) is 7.34. The quantitative estimate of drug-likeness (QED) is 0.757. The number of primary amides is 1. The molecule has 1 atom stereocenters. The maximum absolute atomic E-state index is 13.6. The molecule has 0 bridgehead atoms. The van der Waals surface area contributed by atoms with Gasteiger partial charge in [-0.3, -0.25) is 4.79 Å². The Kier molecular flexibility index (Phi) is 4.47. The molecule has 0 aliphatic carbocycles. The fourth-order valence-corrected chi connectivity index (χ4v) is 2.38. The summed E-state index contributed by atoms with van der Waals surface area (Å²) in [5, 5.41) is 10.9. The van der Waals surface area contributed by atoms with Gasteiger partial charge in [-0.15, -0.1) is 10.2 Å². The minimum atomic E-state index is -0.640. The van der Waals surface area contributed by atoms with Crippen LogP contribution in [-0.2, 0) is 0 Å². The van der Waals surface area contributed by atoms with Gasteiger partial charge in [0.15, 0.2) is 5.69 Å². The van der Waals surface area contributed by atoms with Gasteiger partial charge in [0.1, 0.15) is 11.6 Å². The number of carbonyl (C=O) groups is 1. The third-order valence-electron chi connectivity index (χ3n) is 3.52. The molecule has 1 unspecified atom stereocenters. The molecule has 120 valence electrons. The van der Waals surface area contributed by atoms with Crippen LogP contribution in [0.3, 0.4) is 0 Å². The number of rotatable bonds is 5. The zero-order valence-corrected chi connectivity index (χ0v) is 12.7. The number of nitrogens with zero attached hydrogens (tertiary/aromatic N) is 2. The number of aromatic nitrogens is 2. The van der Waals surface area contributed by atoms with Crippen molar-refractivity contribution in [2.75, 3.05) is 5.32 Å². The van der Waals surface area contributed by atoms with Gasteiger partial charge in [0, 0.05) is 0 Å². The molecule has 0 aliphatic heterocycles. The van der Waals surface area contributed by atoms with Crippen LogP contribution in [-0.4, -0.2) is 16.1 Å². The third-order valence-corrected chi connectivity index (χ3v) is 3.52. The predicted molar refractivity (Wildman–Crippen MR) is 88.9 cm³/mol. The molecule has 0 saturated carbocycles. The highest BCUT2D eigenvalue weighted by Crippen LogP contribution is 2.26. The number of hydrogen-bond acceptors (Lipinski definition) is 4. The zero-order chi connectivity index (χ0) is 16.9. The topological polar surface area (TPSA) is 80.9 Å². The molecule has 5 nitrogen and oxygen atoms in total. The van der Waals surface area contributed by atoms with Crippen LogP contribution in [0.4, 0.5) is 10.2 Å². The van der Waals surface area contributed by atoms with Crippen molar-refractivity contribution >= 4 is 11.7 Å². The van der Waals surface area contributed by atoms with E-state index in [0.717, 1.165) is 11.1 Å². The van der Waals surface area contributed by atoms with E-state index < -0.39 is 5.91 Å². The van der Waals surface area contributed by atoms with Crippen LogP contribution in [0, 0.1) is 5.82 Å². The Morgan fingerprint density at radius 3 is 2.33 bits per heavy atom. The van der Waals surface area contributed by atoms with Crippen molar-refractivity contribution in [1.29, 1.82) is 0 Å². The fraction of sp³-hybridized carbons (Fsp3) is 0.0556. The Labute approximate surface area is 138 Å². The van der Waals surface area contributed by atoms with E-state index in [9.17, 15) is 9.18 Å². The van der Waals surface area contributed by atoms with Crippen LogP contribution in [0.15, 0.2) is 66.7 Å². The molecule has 0 radical (unpaired) electrons. The maximum atomic E-state index is 13.6. The average Bonchev–Trinajstić information content (AvgIpc) is 2.61. The van der Waals surface area contributed by atoms with Gasteiger partial charge >= 0.3 is 0 Å². The van der Waals surface area contributed by atoms with Crippen LogP contribution in [0.1, 0.15) is 27.7 Å². The van der Waals surface area contributed by atoms with Gasteiger partial charge in [-0.05, 0) is 35.4 Å². The van der Waals surface area contributed by atoms with Gasteiger partial charge in [0.25, 0.3) is 5.91 Å². The Balaban J connectivity index is 1.94. The summed E-state index contributed by atoms with van der Waals surface area (Å²) in [5.41, 5.74) is 6.95. The molecule has 0 saturated heterocycles. The van der Waals surface area contributed by atoms with Crippen LogP contribution in [0.25, 0.3) is 0 Å². The van der Waals surface area contributed by atoms with Crippen LogP contribution in [0.5, 0.6) is 0 Å². The second-order valence-electron chi connectivity index (χ2n) is 5.21. The van der Waals surface area contributed by atoms with E-state index in [-0.39, 0.29) is 17.6 Å². The molecular weight excluding hydrogens is 307 g/mol. The average molecular weight is 322 g/mol. The molecule has 0 spiro atoms. The molecule has 1 aromatic heterocycles. The summed E-state index contributed by atoms with van der Waals surface area (Å²) in [6.45, 7) is 0. The molecule has 3 rings (SSSR count). The molecule has 3 N–H and O–H groups in total. The summed E-state index contributed by atoms with van der Waals surface area (Å²) in [6, 6.07) is 18.8. The summed E-state index contributed by atoms with van der Waals surface area (Å²) in [6.07, 6.45) is 0. The summed E-state index contributed by atoms with van der Waals surface area (Å²) in [5.74, 6) is -0.498. The number of hydrogen-bond donors (Lipinski definition) is 2. The van der Waals surface area contributed by atoms with Crippen LogP contribution >= 0.6 is 0 Å². The second-order valence-corrected chi connectivity index (χ2v) is 5.21. The van der Waals surface area contributed by atoms with Crippen LogP contribution < -0.4 is 11.1 Å². The number of benzene rings is 2. The monoisotopic (exact) mass is 322 g/mol. The van der Waals surface area contributed by atoms with Crippen molar-refractivity contribution in [2.24, 2.45) is 5.73 Å². The predicted octanol–water partition coefficient (Wildman–Crippen LogP) is 2.92. The highest BCUT2D eigenvalue weighted by atomic mass is 19.1. The molecule has 0 fully saturated rings. The van der Waals surface area contributed by atoms with Crippen molar-refractivity contribution in [1.82, 2.24) is 10.2 Å². The molecule has 24 heavy (non-hydrogen) atoms. The van der Waals surface area contributed by atoms with Gasteiger partial charge in [0.05, 0.1) is 6.04 Å². The Morgan fingerprint density at radius 2 is 1.71 bits per heavy atom. The molecule has 6 heteroatoms. The number of anilines is 1. The highest BCUT2D eigenvalue weighted by Gasteiger charge is 2.15. The smallest absolute Gasteiger partial charge is 0.269 e. The first-order valence-electron chi connectivity index (χ1n) is 7.34. The fourth-order valence-electron chi connectivity index (χ4n) is 2.38. The Bertz CT molecular complexity index is 837. The lowest BCUT2D eigenvalue weighted by molar-refractivity contribution is 0.0994. The third kappa shape index (κ3) is 3.55. The molecule has 1 amide bonds. The van der Waals surface area contributed by atoms with E-state index >= 15 is 0 Å². The van der Waals surface area contributed by atoms with Crippen LogP contribution in [0.2, 0.25) is 0 Å². The van der Waals surface area contributed by atoms with Crippen molar-refractivity contribution < 1.29 is 9.18 Å². The summed E-state index contributed by atoms with van der Waals surface area (Å²) < 4.78 is 13.6. The van der Waals surface area contributed by atoms with Gasteiger partial charge in [-0.2, -0.15) is 0 Å². The molecule has 3 aromatic rings. The van der Waals surface area contributed by atoms with Crippen molar-refractivity contribution in [3.8, 4) is 0 Å². The normalized spacial score (nSPS) is 11.7. The number of nitrogens with two attached hydrogens (primary N) is 1. The Morgan fingerprint density at radius 1 is 0.958 bits per heavy atom. The first kappa shape index (κ1) is 15.6. The largest absolute Gasteiger partial charge is 0.364 e.